The van der Waals surface area contributed by atoms with Gasteiger partial charge in [0.25, 0.3) is 0 Å². The van der Waals surface area contributed by atoms with Crippen LogP contribution in [0.4, 0.5) is 11.5 Å². The Bertz CT molecular complexity index is 661. The van der Waals surface area contributed by atoms with Crippen molar-refractivity contribution in [3.63, 3.8) is 0 Å². The molecule has 0 radical (unpaired) electrons. The molecule has 0 aliphatic heterocycles. The lowest BCUT2D eigenvalue weighted by Crippen LogP contribution is -2.04. The number of benzene rings is 1. The molecule has 0 amide bonds. The SMILES string of the molecule is Cc1cc(Br)cc([N+](=O)[O-])c1OCc1cccnc1N. The summed E-state index contributed by atoms with van der Waals surface area (Å²) in [7, 11) is 0. The number of nitrogen functional groups attached to an aromatic ring is 1. The van der Waals surface area contributed by atoms with E-state index in [0.29, 0.717) is 21.4 Å². The molecule has 7 heteroatoms. The van der Waals surface area contributed by atoms with Gasteiger partial charge >= 0.3 is 5.69 Å². The van der Waals surface area contributed by atoms with Crippen LogP contribution in [0.3, 0.4) is 0 Å². The monoisotopic (exact) mass is 337 g/mol. The molecule has 0 unspecified atom stereocenters. The zero-order valence-corrected chi connectivity index (χ0v) is 12.3. The Hall–Kier alpha value is -2.15. The molecule has 2 N–H and O–H groups in total. The first kappa shape index (κ1) is 14.3. The number of nitro groups is 1. The molecule has 0 fully saturated rings. The first-order chi connectivity index (χ1) is 9.49. The minimum atomic E-state index is -0.473. The number of aromatic nitrogens is 1. The van der Waals surface area contributed by atoms with Crippen LogP contribution < -0.4 is 10.5 Å². The van der Waals surface area contributed by atoms with E-state index in [0.717, 1.165) is 0 Å². The molecule has 2 aromatic rings. The van der Waals surface area contributed by atoms with Gasteiger partial charge in [0.1, 0.15) is 12.4 Å². The number of nitro benzene ring substituents is 1. The van der Waals surface area contributed by atoms with Crippen molar-refractivity contribution in [2.24, 2.45) is 0 Å². The van der Waals surface area contributed by atoms with Gasteiger partial charge in [0, 0.05) is 22.3 Å². The fraction of sp³-hybridized carbons (Fsp3) is 0.154. The first-order valence-corrected chi connectivity index (χ1v) is 6.55. The molecule has 104 valence electrons. The standard InChI is InChI=1S/C13H12BrN3O3/c1-8-5-10(14)6-11(17(18)19)12(8)20-7-9-3-2-4-16-13(9)15/h2-6H,7H2,1H3,(H2,15,16). The van der Waals surface area contributed by atoms with Crippen molar-refractivity contribution in [3.05, 3.63) is 56.2 Å². The van der Waals surface area contributed by atoms with E-state index in [2.05, 4.69) is 20.9 Å². The van der Waals surface area contributed by atoms with Gasteiger partial charge in [0.15, 0.2) is 5.75 Å². The van der Waals surface area contributed by atoms with Gasteiger partial charge in [-0.05, 0) is 24.6 Å². The summed E-state index contributed by atoms with van der Waals surface area (Å²) in [6.45, 7) is 1.88. The van der Waals surface area contributed by atoms with Crippen LogP contribution in [0.25, 0.3) is 0 Å². The molecular weight excluding hydrogens is 326 g/mol. The smallest absolute Gasteiger partial charge is 0.312 e. The highest BCUT2D eigenvalue weighted by atomic mass is 79.9. The second-order valence-electron chi connectivity index (χ2n) is 4.16. The Morgan fingerprint density at radius 1 is 1.50 bits per heavy atom. The summed E-state index contributed by atoms with van der Waals surface area (Å²) in [5, 5.41) is 11.1. The number of anilines is 1. The maximum Gasteiger partial charge on any atom is 0.312 e. The van der Waals surface area contributed by atoms with Gasteiger partial charge in [0.05, 0.1) is 4.92 Å². The Balaban J connectivity index is 2.30. The van der Waals surface area contributed by atoms with Crippen molar-refractivity contribution >= 4 is 27.4 Å². The summed E-state index contributed by atoms with van der Waals surface area (Å²) >= 11 is 3.23. The highest BCUT2D eigenvalue weighted by Crippen LogP contribution is 2.34. The quantitative estimate of drug-likeness (QED) is 0.683. The Morgan fingerprint density at radius 3 is 2.90 bits per heavy atom. The molecule has 0 aliphatic carbocycles. The minimum Gasteiger partial charge on any atom is -0.482 e. The lowest BCUT2D eigenvalue weighted by molar-refractivity contribution is -0.386. The highest BCUT2D eigenvalue weighted by Gasteiger charge is 2.19. The summed E-state index contributed by atoms with van der Waals surface area (Å²) in [6, 6.07) is 6.67. The van der Waals surface area contributed by atoms with E-state index in [1.54, 1.807) is 31.3 Å². The maximum atomic E-state index is 11.1. The molecular formula is C13H12BrN3O3. The molecule has 0 atom stereocenters. The predicted octanol–water partition coefficient (Wildman–Crippen LogP) is 3.22. The second-order valence-corrected chi connectivity index (χ2v) is 5.08. The summed E-state index contributed by atoms with van der Waals surface area (Å²) in [5.74, 6) is 0.589. The molecule has 2 rings (SSSR count). The second kappa shape index (κ2) is 5.87. The van der Waals surface area contributed by atoms with Crippen LogP contribution in [0.1, 0.15) is 11.1 Å². The summed E-state index contributed by atoms with van der Waals surface area (Å²) in [4.78, 5) is 14.5. The Kier molecular flexibility index (Phi) is 4.19. The third kappa shape index (κ3) is 3.05. The number of nitrogens with zero attached hydrogens (tertiary/aromatic N) is 2. The van der Waals surface area contributed by atoms with E-state index in [9.17, 15) is 10.1 Å². The molecule has 6 nitrogen and oxygen atoms in total. The number of nitrogens with two attached hydrogens (primary N) is 1. The van der Waals surface area contributed by atoms with Crippen LogP contribution >= 0.6 is 15.9 Å². The summed E-state index contributed by atoms with van der Waals surface area (Å²) < 4.78 is 6.20. The van der Waals surface area contributed by atoms with Gasteiger partial charge < -0.3 is 10.5 Å². The molecule has 1 aromatic carbocycles. The fourth-order valence-electron chi connectivity index (χ4n) is 1.76. The van der Waals surface area contributed by atoms with Gasteiger partial charge in [-0.25, -0.2) is 4.98 Å². The van der Waals surface area contributed by atoms with E-state index < -0.39 is 4.92 Å². The van der Waals surface area contributed by atoms with E-state index >= 15 is 0 Å². The number of ether oxygens (including phenoxy) is 1. The van der Waals surface area contributed by atoms with E-state index in [-0.39, 0.29) is 18.0 Å². The van der Waals surface area contributed by atoms with Crippen molar-refractivity contribution in [2.45, 2.75) is 13.5 Å². The largest absolute Gasteiger partial charge is 0.482 e. The van der Waals surface area contributed by atoms with Crippen LogP contribution in [0.5, 0.6) is 5.75 Å². The van der Waals surface area contributed by atoms with E-state index in [1.165, 1.54) is 6.07 Å². The number of aryl methyl sites for hydroxylation is 1. The predicted molar refractivity (Wildman–Crippen MR) is 78.5 cm³/mol. The third-order valence-electron chi connectivity index (χ3n) is 2.71. The van der Waals surface area contributed by atoms with Gasteiger partial charge in [-0.15, -0.1) is 0 Å². The summed E-state index contributed by atoms with van der Waals surface area (Å²) in [5.41, 5.74) is 6.99. The van der Waals surface area contributed by atoms with Gasteiger partial charge in [-0.1, -0.05) is 22.0 Å². The Labute approximate surface area is 123 Å². The number of hydrogen-bond donors (Lipinski definition) is 1. The molecule has 0 saturated heterocycles. The van der Waals surface area contributed by atoms with E-state index in [4.69, 9.17) is 10.5 Å². The molecule has 1 aromatic heterocycles. The zero-order chi connectivity index (χ0) is 14.7. The topological polar surface area (TPSA) is 91.3 Å². The van der Waals surface area contributed by atoms with Gasteiger partial charge in [0.2, 0.25) is 0 Å². The fourth-order valence-corrected chi connectivity index (χ4v) is 2.32. The average Bonchev–Trinajstić information content (AvgIpc) is 2.38. The maximum absolute atomic E-state index is 11.1. The first-order valence-electron chi connectivity index (χ1n) is 5.75. The van der Waals surface area contributed by atoms with Crippen molar-refractivity contribution in [1.82, 2.24) is 4.98 Å². The molecule has 0 saturated carbocycles. The molecule has 20 heavy (non-hydrogen) atoms. The molecule has 1 heterocycles. The summed E-state index contributed by atoms with van der Waals surface area (Å²) in [6.07, 6.45) is 1.58. The Morgan fingerprint density at radius 2 is 2.25 bits per heavy atom. The average molecular weight is 338 g/mol. The lowest BCUT2D eigenvalue weighted by atomic mass is 10.2. The van der Waals surface area contributed by atoms with Crippen LogP contribution in [0, 0.1) is 17.0 Å². The van der Waals surface area contributed by atoms with Crippen LogP contribution in [-0.4, -0.2) is 9.91 Å². The van der Waals surface area contributed by atoms with E-state index in [1.807, 2.05) is 0 Å². The lowest BCUT2D eigenvalue weighted by Gasteiger charge is -2.11. The third-order valence-corrected chi connectivity index (χ3v) is 3.17. The zero-order valence-electron chi connectivity index (χ0n) is 10.7. The van der Waals surface area contributed by atoms with Crippen molar-refractivity contribution in [2.75, 3.05) is 5.73 Å². The molecule has 0 bridgehead atoms. The van der Waals surface area contributed by atoms with Crippen LogP contribution in [0.15, 0.2) is 34.9 Å². The van der Waals surface area contributed by atoms with Gasteiger partial charge in [-0.2, -0.15) is 0 Å². The minimum absolute atomic E-state index is 0.0839. The number of halogens is 1. The number of rotatable bonds is 4. The number of pyridine rings is 1. The van der Waals surface area contributed by atoms with Crippen molar-refractivity contribution < 1.29 is 9.66 Å². The van der Waals surface area contributed by atoms with Crippen molar-refractivity contribution in [1.29, 1.82) is 0 Å². The molecule has 0 spiro atoms. The number of hydrogen-bond acceptors (Lipinski definition) is 5. The highest BCUT2D eigenvalue weighted by molar-refractivity contribution is 9.10. The van der Waals surface area contributed by atoms with Crippen LogP contribution in [-0.2, 0) is 6.61 Å². The normalized spacial score (nSPS) is 10.3. The molecule has 0 aliphatic rings. The van der Waals surface area contributed by atoms with Gasteiger partial charge in [-0.3, -0.25) is 10.1 Å². The van der Waals surface area contributed by atoms with Crippen LogP contribution in [0.2, 0.25) is 0 Å². The van der Waals surface area contributed by atoms with Crippen molar-refractivity contribution in [3.8, 4) is 5.75 Å².